The molecule has 0 radical (unpaired) electrons. The fourth-order valence-electron chi connectivity index (χ4n) is 3.91. The van der Waals surface area contributed by atoms with Crippen molar-refractivity contribution >= 4 is 23.2 Å². The van der Waals surface area contributed by atoms with E-state index in [-0.39, 0.29) is 5.56 Å². The van der Waals surface area contributed by atoms with Gasteiger partial charge in [-0.1, -0.05) is 29.3 Å². The second-order valence-electron chi connectivity index (χ2n) is 7.75. The first kappa shape index (κ1) is 20.8. The van der Waals surface area contributed by atoms with Crippen LogP contribution in [0.25, 0.3) is 22.6 Å². The Morgan fingerprint density at radius 1 is 1.00 bits per heavy atom. The van der Waals surface area contributed by atoms with Gasteiger partial charge in [-0.05, 0) is 42.0 Å². The van der Waals surface area contributed by atoms with Gasteiger partial charge in [-0.2, -0.15) is 0 Å². The van der Waals surface area contributed by atoms with E-state index < -0.39 is 0 Å². The van der Waals surface area contributed by atoms with Crippen LogP contribution >= 0.6 is 23.2 Å². The Morgan fingerprint density at radius 2 is 1.78 bits per heavy atom. The predicted molar refractivity (Wildman–Crippen MR) is 126 cm³/mol. The Balaban J connectivity index is 1.32. The second kappa shape index (κ2) is 8.82. The molecule has 160 valence electrons. The molecule has 0 spiro atoms. The van der Waals surface area contributed by atoms with Crippen LogP contribution in [0.1, 0.15) is 16.8 Å². The van der Waals surface area contributed by atoms with Crippen LogP contribution in [0, 0.1) is 0 Å². The predicted octanol–water partition coefficient (Wildman–Crippen LogP) is 4.76. The molecule has 6 nitrogen and oxygen atoms in total. The molecule has 0 bridgehead atoms. The Kier molecular flexibility index (Phi) is 5.74. The third kappa shape index (κ3) is 4.43. The first-order valence-electron chi connectivity index (χ1n) is 10.2. The molecular formula is C24H19Cl2N5O. The molecule has 0 saturated carbocycles. The summed E-state index contributed by atoms with van der Waals surface area (Å²) in [6.07, 6.45) is 5.96. The summed E-state index contributed by atoms with van der Waals surface area (Å²) in [5.74, 6) is 0.588. The van der Waals surface area contributed by atoms with Gasteiger partial charge in [-0.15, -0.1) is 0 Å². The molecule has 4 aromatic rings. The van der Waals surface area contributed by atoms with Crippen molar-refractivity contribution in [3.8, 4) is 22.6 Å². The summed E-state index contributed by atoms with van der Waals surface area (Å²) in [4.78, 5) is 31.2. The summed E-state index contributed by atoms with van der Waals surface area (Å²) in [6, 6.07) is 13.1. The third-order valence-electron chi connectivity index (χ3n) is 5.49. The standard InChI is InChI=1S/C24H19Cl2N5O/c25-18-9-17(10-19(26)11-18)21-2-1-15(12-28-21)13-31-8-5-22-20(14-31)24(32)30-23(29-22)16-3-6-27-7-4-16/h1-4,6-7,9-12H,5,8,13-14H2,(H,29,30,32). The zero-order valence-corrected chi connectivity index (χ0v) is 18.6. The number of aromatic nitrogens is 4. The minimum atomic E-state index is -0.0854. The average molecular weight is 464 g/mol. The molecule has 8 heteroatoms. The van der Waals surface area contributed by atoms with Gasteiger partial charge in [0.25, 0.3) is 5.56 Å². The van der Waals surface area contributed by atoms with Crippen LogP contribution in [-0.4, -0.2) is 31.4 Å². The van der Waals surface area contributed by atoms with Gasteiger partial charge in [-0.3, -0.25) is 19.7 Å². The lowest BCUT2D eigenvalue weighted by Crippen LogP contribution is -2.35. The molecule has 0 amide bonds. The minimum absolute atomic E-state index is 0.0854. The van der Waals surface area contributed by atoms with Gasteiger partial charge in [0.05, 0.1) is 17.0 Å². The summed E-state index contributed by atoms with van der Waals surface area (Å²) >= 11 is 12.2. The van der Waals surface area contributed by atoms with E-state index in [1.54, 1.807) is 18.5 Å². The van der Waals surface area contributed by atoms with Crippen molar-refractivity contribution in [3.63, 3.8) is 0 Å². The highest BCUT2D eigenvalue weighted by molar-refractivity contribution is 6.35. The SMILES string of the molecule is O=c1[nH]c(-c2ccncc2)nc2c1CN(Cc1ccc(-c3cc(Cl)cc(Cl)c3)nc1)CC2. The Labute approximate surface area is 194 Å². The van der Waals surface area contributed by atoms with E-state index in [1.165, 1.54) is 0 Å². The normalized spacial score (nSPS) is 13.7. The number of nitrogens with zero attached hydrogens (tertiary/aromatic N) is 4. The molecule has 1 aromatic carbocycles. The van der Waals surface area contributed by atoms with Crippen LogP contribution in [0.2, 0.25) is 10.0 Å². The molecule has 0 fully saturated rings. The second-order valence-corrected chi connectivity index (χ2v) is 8.62. The number of nitrogens with one attached hydrogen (secondary N) is 1. The van der Waals surface area contributed by atoms with E-state index in [0.29, 0.717) is 29.0 Å². The van der Waals surface area contributed by atoms with Crippen molar-refractivity contribution in [1.29, 1.82) is 0 Å². The monoisotopic (exact) mass is 463 g/mol. The van der Waals surface area contributed by atoms with E-state index in [1.807, 2.05) is 42.6 Å². The lowest BCUT2D eigenvalue weighted by atomic mass is 10.1. The summed E-state index contributed by atoms with van der Waals surface area (Å²) in [5.41, 5.74) is 5.13. The van der Waals surface area contributed by atoms with E-state index in [4.69, 9.17) is 28.2 Å². The van der Waals surface area contributed by atoms with E-state index in [0.717, 1.165) is 46.6 Å². The van der Waals surface area contributed by atoms with Crippen LogP contribution in [0.15, 0.2) is 65.8 Å². The molecule has 1 N–H and O–H groups in total. The summed E-state index contributed by atoms with van der Waals surface area (Å²) in [7, 11) is 0. The van der Waals surface area contributed by atoms with E-state index >= 15 is 0 Å². The third-order valence-corrected chi connectivity index (χ3v) is 5.93. The van der Waals surface area contributed by atoms with Crippen molar-refractivity contribution in [1.82, 2.24) is 24.8 Å². The van der Waals surface area contributed by atoms with Crippen LogP contribution < -0.4 is 5.56 Å². The maximum absolute atomic E-state index is 12.7. The molecule has 1 aliphatic heterocycles. The van der Waals surface area contributed by atoms with Crippen molar-refractivity contribution in [3.05, 3.63) is 98.3 Å². The zero-order valence-electron chi connectivity index (χ0n) is 17.1. The molecule has 1 aliphatic rings. The van der Waals surface area contributed by atoms with Crippen molar-refractivity contribution < 1.29 is 0 Å². The number of halogens is 2. The maximum atomic E-state index is 12.7. The highest BCUT2D eigenvalue weighted by Crippen LogP contribution is 2.26. The van der Waals surface area contributed by atoms with Crippen LogP contribution in [-0.2, 0) is 19.5 Å². The summed E-state index contributed by atoms with van der Waals surface area (Å²) < 4.78 is 0. The number of rotatable bonds is 4. The minimum Gasteiger partial charge on any atom is -0.306 e. The average Bonchev–Trinajstić information content (AvgIpc) is 2.80. The Bertz CT molecular complexity index is 1300. The fraction of sp³-hybridized carbons (Fsp3) is 0.167. The van der Waals surface area contributed by atoms with Crippen molar-refractivity contribution in [2.24, 2.45) is 0 Å². The van der Waals surface area contributed by atoms with Gasteiger partial charge < -0.3 is 4.98 Å². The molecule has 0 unspecified atom stereocenters. The fourth-order valence-corrected chi connectivity index (χ4v) is 4.44. The maximum Gasteiger partial charge on any atom is 0.255 e. The van der Waals surface area contributed by atoms with Gasteiger partial charge in [0.1, 0.15) is 5.82 Å². The smallest absolute Gasteiger partial charge is 0.255 e. The topological polar surface area (TPSA) is 74.8 Å². The van der Waals surface area contributed by atoms with Crippen molar-refractivity contribution in [2.75, 3.05) is 6.54 Å². The Morgan fingerprint density at radius 3 is 2.50 bits per heavy atom. The van der Waals surface area contributed by atoms with Gasteiger partial charge in [0, 0.05) is 65.8 Å². The molecule has 0 aliphatic carbocycles. The van der Waals surface area contributed by atoms with Gasteiger partial charge in [-0.25, -0.2) is 4.98 Å². The van der Waals surface area contributed by atoms with E-state index in [2.05, 4.69) is 19.9 Å². The van der Waals surface area contributed by atoms with Gasteiger partial charge in [0.2, 0.25) is 0 Å². The number of pyridine rings is 2. The number of fused-ring (bicyclic) bond motifs is 1. The van der Waals surface area contributed by atoms with Crippen molar-refractivity contribution in [2.45, 2.75) is 19.5 Å². The zero-order chi connectivity index (χ0) is 22.1. The first-order chi connectivity index (χ1) is 15.5. The number of aromatic amines is 1. The first-order valence-corrected chi connectivity index (χ1v) is 11.0. The molecule has 32 heavy (non-hydrogen) atoms. The van der Waals surface area contributed by atoms with E-state index in [9.17, 15) is 4.79 Å². The highest BCUT2D eigenvalue weighted by atomic mass is 35.5. The Hall–Kier alpha value is -3.06. The molecule has 0 saturated heterocycles. The number of hydrogen-bond acceptors (Lipinski definition) is 5. The quantitative estimate of drug-likeness (QED) is 0.472. The van der Waals surface area contributed by atoms with Crippen LogP contribution in [0.4, 0.5) is 0 Å². The molecular weight excluding hydrogens is 445 g/mol. The van der Waals surface area contributed by atoms with Crippen LogP contribution in [0.3, 0.4) is 0 Å². The molecule has 0 atom stereocenters. The largest absolute Gasteiger partial charge is 0.306 e. The summed E-state index contributed by atoms with van der Waals surface area (Å²) in [5, 5.41) is 1.16. The molecule has 4 heterocycles. The lowest BCUT2D eigenvalue weighted by molar-refractivity contribution is 0.241. The van der Waals surface area contributed by atoms with Crippen LogP contribution in [0.5, 0.6) is 0 Å². The number of benzene rings is 1. The summed E-state index contributed by atoms with van der Waals surface area (Å²) in [6.45, 7) is 2.08. The lowest BCUT2D eigenvalue weighted by Gasteiger charge is -2.27. The van der Waals surface area contributed by atoms with Gasteiger partial charge in [0.15, 0.2) is 0 Å². The molecule has 5 rings (SSSR count). The highest BCUT2D eigenvalue weighted by Gasteiger charge is 2.21. The molecule has 3 aromatic heterocycles. The van der Waals surface area contributed by atoms with Gasteiger partial charge >= 0.3 is 0 Å². The number of hydrogen-bond donors (Lipinski definition) is 1. The number of H-pyrrole nitrogens is 1.